The van der Waals surface area contributed by atoms with Crippen LogP contribution in [0.5, 0.6) is 0 Å². The molecule has 0 fully saturated rings. The standard InChI is InChI=1S/C13H16OS/c1-10(2)13(14)8-7-11-5-4-6-12(9-11)15-3/h4-6,9-10,13-14H,1-3H3. The molecule has 0 aliphatic carbocycles. The van der Waals surface area contributed by atoms with Crippen LogP contribution in [0.2, 0.25) is 0 Å². The lowest BCUT2D eigenvalue weighted by atomic mass is 10.1. The Morgan fingerprint density at radius 2 is 2.07 bits per heavy atom. The molecule has 1 atom stereocenters. The Morgan fingerprint density at radius 3 is 2.67 bits per heavy atom. The lowest BCUT2D eigenvalue weighted by molar-refractivity contribution is 0.181. The summed E-state index contributed by atoms with van der Waals surface area (Å²) in [5.41, 5.74) is 0.960. The predicted octanol–water partition coefficient (Wildman–Crippen LogP) is 2.78. The highest BCUT2D eigenvalue weighted by Crippen LogP contribution is 2.15. The van der Waals surface area contributed by atoms with Crippen LogP contribution < -0.4 is 0 Å². The quantitative estimate of drug-likeness (QED) is 0.611. The molecule has 0 radical (unpaired) electrons. The first-order chi connectivity index (χ1) is 7.13. The van der Waals surface area contributed by atoms with Crippen LogP contribution in [0.15, 0.2) is 29.2 Å². The molecule has 0 bridgehead atoms. The SMILES string of the molecule is CSc1cccc(C#CC(O)C(C)C)c1. The minimum atomic E-state index is -0.539. The van der Waals surface area contributed by atoms with Gasteiger partial charge in [-0.1, -0.05) is 31.8 Å². The highest BCUT2D eigenvalue weighted by atomic mass is 32.2. The van der Waals surface area contributed by atoms with Crippen LogP contribution in [0.25, 0.3) is 0 Å². The van der Waals surface area contributed by atoms with E-state index < -0.39 is 6.10 Å². The molecule has 1 nitrogen and oxygen atoms in total. The van der Waals surface area contributed by atoms with Crippen LogP contribution in [-0.2, 0) is 0 Å². The fourth-order valence-corrected chi connectivity index (χ4v) is 1.48. The van der Waals surface area contributed by atoms with Gasteiger partial charge in [-0.25, -0.2) is 0 Å². The summed E-state index contributed by atoms with van der Waals surface area (Å²) in [6.07, 6.45) is 1.50. The molecule has 0 spiro atoms. The number of hydrogen-bond donors (Lipinski definition) is 1. The second-order valence-electron chi connectivity index (χ2n) is 3.69. The van der Waals surface area contributed by atoms with Gasteiger partial charge in [0.25, 0.3) is 0 Å². The van der Waals surface area contributed by atoms with Crippen LogP contribution in [-0.4, -0.2) is 17.5 Å². The molecule has 0 amide bonds. The van der Waals surface area contributed by atoms with Crippen molar-refractivity contribution in [3.05, 3.63) is 29.8 Å². The Balaban J connectivity index is 2.79. The van der Waals surface area contributed by atoms with Crippen molar-refractivity contribution >= 4 is 11.8 Å². The summed E-state index contributed by atoms with van der Waals surface area (Å²) < 4.78 is 0. The van der Waals surface area contributed by atoms with Crippen LogP contribution in [0.3, 0.4) is 0 Å². The Morgan fingerprint density at radius 1 is 1.33 bits per heavy atom. The first kappa shape index (κ1) is 12.2. The molecule has 0 saturated heterocycles. The number of rotatable bonds is 2. The fourth-order valence-electron chi connectivity index (χ4n) is 1.02. The Labute approximate surface area is 95.9 Å². The van der Waals surface area contributed by atoms with Gasteiger partial charge in [0.15, 0.2) is 0 Å². The van der Waals surface area contributed by atoms with Gasteiger partial charge in [-0.15, -0.1) is 11.8 Å². The Hall–Kier alpha value is -0.910. The number of benzene rings is 1. The van der Waals surface area contributed by atoms with Gasteiger partial charge in [0, 0.05) is 10.5 Å². The van der Waals surface area contributed by atoms with E-state index in [0.717, 1.165) is 5.56 Å². The van der Waals surface area contributed by atoms with E-state index in [0.29, 0.717) is 0 Å². The van der Waals surface area contributed by atoms with E-state index in [1.165, 1.54) is 4.90 Å². The maximum Gasteiger partial charge on any atom is 0.117 e. The molecule has 0 heterocycles. The van der Waals surface area contributed by atoms with Gasteiger partial charge in [-0.3, -0.25) is 0 Å². The number of aliphatic hydroxyl groups is 1. The summed E-state index contributed by atoms with van der Waals surface area (Å²) in [5, 5.41) is 9.54. The summed E-state index contributed by atoms with van der Waals surface area (Å²) in [5.74, 6) is 6.01. The van der Waals surface area contributed by atoms with E-state index >= 15 is 0 Å². The molecule has 1 N–H and O–H groups in total. The first-order valence-electron chi connectivity index (χ1n) is 4.97. The predicted molar refractivity (Wildman–Crippen MR) is 65.9 cm³/mol. The van der Waals surface area contributed by atoms with Gasteiger partial charge in [0.2, 0.25) is 0 Å². The van der Waals surface area contributed by atoms with E-state index in [1.807, 2.05) is 38.3 Å². The maximum absolute atomic E-state index is 9.54. The van der Waals surface area contributed by atoms with Crippen molar-refractivity contribution in [2.45, 2.75) is 24.8 Å². The van der Waals surface area contributed by atoms with Gasteiger partial charge >= 0.3 is 0 Å². The van der Waals surface area contributed by atoms with Gasteiger partial charge < -0.3 is 5.11 Å². The Bertz CT molecular complexity index is 374. The van der Waals surface area contributed by atoms with Gasteiger partial charge in [0.05, 0.1) is 0 Å². The van der Waals surface area contributed by atoms with Crippen molar-refractivity contribution in [1.82, 2.24) is 0 Å². The number of thioether (sulfide) groups is 1. The average Bonchev–Trinajstić information content (AvgIpc) is 2.26. The first-order valence-corrected chi connectivity index (χ1v) is 6.19. The summed E-state index contributed by atoms with van der Waals surface area (Å²) in [6, 6.07) is 8.02. The van der Waals surface area contributed by atoms with Crippen LogP contribution >= 0.6 is 11.8 Å². The van der Waals surface area contributed by atoms with E-state index in [2.05, 4.69) is 17.9 Å². The molecule has 0 aromatic heterocycles. The molecule has 2 heteroatoms. The highest BCUT2D eigenvalue weighted by molar-refractivity contribution is 7.98. The van der Waals surface area contributed by atoms with Crippen molar-refractivity contribution in [2.24, 2.45) is 5.92 Å². The molecule has 80 valence electrons. The van der Waals surface area contributed by atoms with E-state index in [9.17, 15) is 5.11 Å². The lowest BCUT2D eigenvalue weighted by Crippen LogP contribution is -2.11. The zero-order chi connectivity index (χ0) is 11.3. The Kier molecular flexibility index (Phi) is 4.74. The van der Waals surface area contributed by atoms with Gasteiger partial charge in [-0.2, -0.15) is 0 Å². The molecule has 1 aromatic rings. The zero-order valence-electron chi connectivity index (χ0n) is 9.32. The summed E-state index contributed by atoms with van der Waals surface area (Å²) in [7, 11) is 0. The van der Waals surface area contributed by atoms with Crippen molar-refractivity contribution in [3.63, 3.8) is 0 Å². The third-order valence-corrected chi connectivity index (χ3v) is 2.79. The monoisotopic (exact) mass is 220 g/mol. The summed E-state index contributed by atoms with van der Waals surface area (Å²) in [6.45, 7) is 3.91. The molecule has 0 saturated carbocycles. The molecule has 1 unspecified atom stereocenters. The maximum atomic E-state index is 9.54. The average molecular weight is 220 g/mol. The molecule has 15 heavy (non-hydrogen) atoms. The largest absolute Gasteiger partial charge is 0.380 e. The molecule has 0 aliphatic heterocycles. The van der Waals surface area contributed by atoms with Crippen LogP contribution in [0.1, 0.15) is 19.4 Å². The smallest absolute Gasteiger partial charge is 0.117 e. The van der Waals surface area contributed by atoms with Crippen molar-refractivity contribution < 1.29 is 5.11 Å². The number of hydrogen-bond acceptors (Lipinski definition) is 2. The third kappa shape index (κ3) is 3.99. The molecule has 0 aliphatic rings. The summed E-state index contributed by atoms with van der Waals surface area (Å²) in [4.78, 5) is 1.20. The minimum absolute atomic E-state index is 0.182. The molecule has 1 aromatic carbocycles. The fraction of sp³-hybridized carbons (Fsp3) is 0.385. The van der Waals surface area contributed by atoms with Gasteiger partial charge in [-0.05, 0) is 30.4 Å². The van der Waals surface area contributed by atoms with E-state index in [4.69, 9.17) is 0 Å². The third-order valence-electron chi connectivity index (χ3n) is 2.07. The second-order valence-corrected chi connectivity index (χ2v) is 4.57. The molecular formula is C13H16OS. The highest BCUT2D eigenvalue weighted by Gasteiger charge is 2.03. The zero-order valence-corrected chi connectivity index (χ0v) is 10.1. The van der Waals surface area contributed by atoms with Gasteiger partial charge in [0.1, 0.15) is 6.10 Å². The number of aliphatic hydroxyl groups excluding tert-OH is 1. The lowest BCUT2D eigenvalue weighted by Gasteiger charge is -2.05. The molecular weight excluding hydrogens is 204 g/mol. The van der Waals surface area contributed by atoms with Crippen LogP contribution in [0, 0.1) is 17.8 Å². The topological polar surface area (TPSA) is 20.2 Å². The van der Waals surface area contributed by atoms with Crippen molar-refractivity contribution in [3.8, 4) is 11.8 Å². The molecule has 1 rings (SSSR count). The van der Waals surface area contributed by atoms with E-state index in [-0.39, 0.29) is 5.92 Å². The van der Waals surface area contributed by atoms with Crippen molar-refractivity contribution in [1.29, 1.82) is 0 Å². The normalized spacial score (nSPS) is 12.1. The summed E-state index contributed by atoms with van der Waals surface area (Å²) >= 11 is 1.69. The van der Waals surface area contributed by atoms with E-state index in [1.54, 1.807) is 11.8 Å². The second kappa shape index (κ2) is 5.85. The van der Waals surface area contributed by atoms with Crippen LogP contribution in [0.4, 0.5) is 0 Å². The minimum Gasteiger partial charge on any atom is -0.380 e. The van der Waals surface area contributed by atoms with Crippen molar-refractivity contribution in [2.75, 3.05) is 6.26 Å².